The second kappa shape index (κ2) is 2.96. The summed E-state index contributed by atoms with van der Waals surface area (Å²) < 4.78 is 0. The molecule has 2 aliphatic rings. The lowest BCUT2D eigenvalue weighted by molar-refractivity contribution is 0.0200. The maximum absolute atomic E-state index is 2.68. The minimum Gasteiger partial charge on any atom is -0.305 e. The molecule has 2 aliphatic heterocycles. The zero-order chi connectivity index (χ0) is 10.6. The summed E-state index contributed by atoms with van der Waals surface area (Å²) in [6, 6.07) is 0.767. The maximum Gasteiger partial charge on any atom is 0.0128 e. The lowest BCUT2D eigenvalue weighted by Gasteiger charge is -2.47. The molecular formula is C12H24N2. The Kier molecular flexibility index (Phi) is 2.20. The quantitative estimate of drug-likeness (QED) is 0.583. The van der Waals surface area contributed by atoms with Crippen molar-refractivity contribution >= 4 is 0 Å². The van der Waals surface area contributed by atoms with Crippen LogP contribution in [-0.4, -0.2) is 48.1 Å². The molecule has 0 aromatic heterocycles. The zero-order valence-electron chi connectivity index (χ0n) is 10.3. The first-order chi connectivity index (χ1) is 6.32. The summed E-state index contributed by atoms with van der Waals surface area (Å²) in [5.74, 6) is 0. The molecular weight excluding hydrogens is 172 g/mol. The van der Waals surface area contributed by atoms with E-state index in [2.05, 4.69) is 44.5 Å². The molecule has 2 saturated heterocycles. The Bertz CT molecular complexity index is 223. The third kappa shape index (κ3) is 1.59. The zero-order valence-corrected chi connectivity index (χ0v) is 10.3. The summed E-state index contributed by atoms with van der Waals surface area (Å²) in [6.45, 7) is 13.3. The van der Waals surface area contributed by atoms with E-state index in [1.165, 1.54) is 26.1 Å². The molecule has 82 valence electrons. The Labute approximate surface area is 88.3 Å². The molecule has 0 N–H and O–H groups in total. The normalized spacial score (nSPS) is 33.6. The summed E-state index contributed by atoms with van der Waals surface area (Å²) >= 11 is 0. The molecule has 2 rings (SSSR count). The third-order valence-electron chi connectivity index (χ3n) is 3.84. The molecule has 0 aromatic rings. The molecule has 2 fully saturated rings. The van der Waals surface area contributed by atoms with Crippen molar-refractivity contribution in [3.05, 3.63) is 0 Å². The van der Waals surface area contributed by atoms with Gasteiger partial charge >= 0.3 is 0 Å². The summed E-state index contributed by atoms with van der Waals surface area (Å²) in [5, 5.41) is 0. The van der Waals surface area contributed by atoms with Crippen molar-refractivity contribution in [2.45, 2.75) is 45.7 Å². The van der Waals surface area contributed by atoms with Crippen LogP contribution in [0.1, 0.15) is 34.1 Å². The molecule has 2 heterocycles. The van der Waals surface area contributed by atoms with E-state index in [9.17, 15) is 0 Å². The van der Waals surface area contributed by atoms with E-state index in [-0.39, 0.29) is 0 Å². The highest BCUT2D eigenvalue weighted by atomic mass is 15.3. The number of nitrogens with zero attached hydrogens (tertiary/aromatic N) is 2. The van der Waals surface area contributed by atoms with E-state index in [0.29, 0.717) is 11.0 Å². The fraction of sp³-hybridized carbons (Fsp3) is 1.00. The first-order valence-electron chi connectivity index (χ1n) is 5.78. The highest BCUT2D eigenvalue weighted by Gasteiger charge is 2.50. The molecule has 0 saturated carbocycles. The molecule has 0 radical (unpaired) electrons. The average Bonchev–Trinajstić information content (AvgIpc) is 2.25. The lowest BCUT2D eigenvalue weighted by atomic mass is 9.78. The number of likely N-dealkylation sites (tertiary alicyclic amines) is 2. The largest absolute Gasteiger partial charge is 0.305 e. The Morgan fingerprint density at radius 2 is 1.71 bits per heavy atom. The van der Waals surface area contributed by atoms with Gasteiger partial charge in [0.05, 0.1) is 0 Å². The van der Waals surface area contributed by atoms with Gasteiger partial charge < -0.3 is 4.90 Å². The second-order valence-electron chi connectivity index (χ2n) is 6.52. The molecule has 2 nitrogen and oxygen atoms in total. The molecule has 0 bridgehead atoms. The first kappa shape index (κ1) is 10.4. The van der Waals surface area contributed by atoms with Crippen molar-refractivity contribution in [3.63, 3.8) is 0 Å². The lowest BCUT2D eigenvalue weighted by Crippen LogP contribution is -2.56. The molecule has 2 heteroatoms. The van der Waals surface area contributed by atoms with Crippen LogP contribution in [-0.2, 0) is 0 Å². The van der Waals surface area contributed by atoms with Gasteiger partial charge in [0.15, 0.2) is 0 Å². The Morgan fingerprint density at radius 3 is 2.07 bits per heavy atom. The van der Waals surface area contributed by atoms with Crippen LogP contribution in [0.4, 0.5) is 0 Å². The van der Waals surface area contributed by atoms with Crippen LogP contribution < -0.4 is 0 Å². The van der Waals surface area contributed by atoms with E-state index in [1.54, 1.807) is 0 Å². The first-order valence-corrected chi connectivity index (χ1v) is 5.78. The van der Waals surface area contributed by atoms with Crippen LogP contribution in [0.25, 0.3) is 0 Å². The predicted molar refractivity (Wildman–Crippen MR) is 60.5 cm³/mol. The van der Waals surface area contributed by atoms with Gasteiger partial charge in [0.1, 0.15) is 0 Å². The second-order valence-corrected chi connectivity index (χ2v) is 6.52. The highest BCUT2D eigenvalue weighted by Crippen LogP contribution is 2.44. The van der Waals surface area contributed by atoms with Gasteiger partial charge in [0, 0.05) is 36.6 Å². The van der Waals surface area contributed by atoms with E-state index < -0.39 is 0 Å². The molecule has 0 aromatic carbocycles. The highest BCUT2D eigenvalue weighted by molar-refractivity contribution is 5.05. The topological polar surface area (TPSA) is 6.48 Å². The van der Waals surface area contributed by atoms with Crippen molar-refractivity contribution in [3.8, 4) is 0 Å². The fourth-order valence-electron chi connectivity index (χ4n) is 3.54. The van der Waals surface area contributed by atoms with Crippen molar-refractivity contribution in [2.75, 3.05) is 26.7 Å². The number of hydrogen-bond acceptors (Lipinski definition) is 2. The van der Waals surface area contributed by atoms with Gasteiger partial charge in [-0.15, -0.1) is 0 Å². The van der Waals surface area contributed by atoms with E-state index in [4.69, 9.17) is 0 Å². The van der Waals surface area contributed by atoms with Crippen LogP contribution in [0, 0.1) is 5.41 Å². The predicted octanol–water partition coefficient (Wildman–Crippen LogP) is 1.81. The molecule has 0 amide bonds. The van der Waals surface area contributed by atoms with Crippen molar-refractivity contribution in [1.29, 1.82) is 0 Å². The van der Waals surface area contributed by atoms with Crippen LogP contribution in [0.15, 0.2) is 0 Å². The van der Waals surface area contributed by atoms with Crippen LogP contribution >= 0.6 is 0 Å². The molecule has 0 unspecified atom stereocenters. The SMILES string of the molecule is C[C@H]1CC2(CN(C)C2)CN1C(C)(C)C. The minimum atomic E-state index is 0.344. The van der Waals surface area contributed by atoms with Gasteiger partial charge in [-0.3, -0.25) is 4.90 Å². The minimum absolute atomic E-state index is 0.344. The summed E-state index contributed by atoms with van der Waals surface area (Å²) in [6.07, 6.45) is 1.40. The summed E-state index contributed by atoms with van der Waals surface area (Å²) in [5.41, 5.74) is 0.985. The monoisotopic (exact) mass is 196 g/mol. The standard InChI is InChI=1S/C12H24N2/c1-10-6-12(7-13(5)8-12)9-14(10)11(2,3)4/h10H,6-9H2,1-5H3/t10-/m0/s1. The van der Waals surface area contributed by atoms with Crippen LogP contribution in [0.3, 0.4) is 0 Å². The average molecular weight is 196 g/mol. The van der Waals surface area contributed by atoms with Gasteiger partial charge in [-0.2, -0.15) is 0 Å². The smallest absolute Gasteiger partial charge is 0.0128 e. The van der Waals surface area contributed by atoms with Crippen LogP contribution in [0.5, 0.6) is 0 Å². The fourth-order valence-corrected chi connectivity index (χ4v) is 3.54. The molecule has 14 heavy (non-hydrogen) atoms. The van der Waals surface area contributed by atoms with Gasteiger partial charge in [-0.05, 0) is 41.2 Å². The van der Waals surface area contributed by atoms with Gasteiger partial charge in [-0.1, -0.05) is 0 Å². The summed E-state index contributed by atoms with van der Waals surface area (Å²) in [7, 11) is 2.23. The number of rotatable bonds is 0. The van der Waals surface area contributed by atoms with E-state index in [0.717, 1.165) is 6.04 Å². The van der Waals surface area contributed by atoms with Crippen molar-refractivity contribution in [2.24, 2.45) is 5.41 Å². The van der Waals surface area contributed by atoms with Crippen LogP contribution in [0.2, 0.25) is 0 Å². The molecule has 1 atom stereocenters. The molecule has 0 aliphatic carbocycles. The Morgan fingerprint density at radius 1 is 1.14 bits per heavy atom. The maximum atomic E-state index is 2.68. The van der Waals surface area contributed by atoms with Crippen molar-refractivity contribution < 1.29 is 0 Å². The Balaban J connectivity index is 2.05. The van der Waals surface area contributed by atoms with E-state index >= 15 is 0 Å². The Hall–Kier alpha value is -0.0800. The van der Waals surface area contributed by atoms with Gasteiger partial charge in [-0.25, -0.2) is 0 Å². The number of hydrogen-bond donors (Lipinski definition) is 0. The van der Waals surface area contributed by atoms with Crippen molar-refractivity contribution in [1.82, 2.24) is 9.80 Å². The third-order valence-corrected chi connectivity index (χ3v) is 3.84. The molecule has 1 spiro atoms. The van der Waals surface area contributed by atoms with E-state index in [1.807, 2.05) is 0 Å². The van der Waals surface area contributed by atoms with Gasteiger partial charge in [0.25, 0.3) is 0 Å². The summed E-state index contributed by atoms with van der Waals surface area (Å²) in [4.78, 5) is 5.12. The van der Waals surface area contributed by atoms with Gasteiger partial charge in [0.2, 0.25) is 0 Å².